The lowest BCUT2D eigenvalue weighted by atomic mass is 9.94. The molecule has 1 aromatic carbocycles. The summed E-state index contributed by atoms with van der Waals surface area (Å²) in [7, 11) is 0. The molecule has 25 heavy (non-hydrogen) atoms. The van der Waals surface area contributed by atoms with E-state index in [0.717, 1.165) is 11.3 Å². The zero-order chi connectivity index (χ0) is 18.4. The smallest absolute Gasteiger partial charge is 0.131 e. The molecule has 3 nitrogen and oxygen atoms in total. The van der Waals surface area contributed by atoms with E-state index >= 15 is 0 Å². The van der Waals surface area contributed by atoms with Crippen LogP contribution in [0.15, 0.2) is 84.1 Å². The lowest BCUT2D eigenvalue weighted by Gasteiger charge is -2.19. The van der Waals surface area contributed by atoms with E-state index in [1.165, 1.54) is 12.1 Å². The van der Waals surface area contributed by atoms with Crippen molar-refractivity contribution in [2.45, 2.75) is 19.4 Å². The van der Waals surface area contributed by atoms with Crippen LogP contribution in [0.2, 0.25) is 0 Å². The molecule has 0 amide bonds. The quantitative estimate of drug-likeness (QED) is 0.494. The minimum atomic E-state index is -1.19. The summed E-state index contributed by atoms with van der Waals surface area (Å²) in [4.78, 5) is 4.29. The summed E-state index contributed by atoms with van der Waals surface area (Å²) in [6, 6.07) is 4.80. The summed E-state index contributed by atoms with van der Waals surface area (Å²) in [6.07, 6.45) is 10.7. The van der Waals surface area contributed by atoms with Gasteiger partial charge in [0.15, 0.2) is 0 Å². The highest BCUT2D eigenvalue weighted by Crippen LogP contribution is 2.27. The van der Waals surface area contributed by atoms with Gasteiger partial charge in [0, 0.05) is 11.8 Å². The number of aliphatic imine (C=N–C) groups is 1. The fourth-order valence-electron chi connectivity index (χ4n) is 2.14. The van der Waals surface area contributed by atoms with Gasteiger partial charge in [-0.25, -0.2) is 0 Å². The molecule has 0 radical (unpaired) electrons. The molecule has 2 rings (SSSR count). The summed E-state index contributed by atoms with van der Waals surface area (Å²) in [5.41, 5.74) is 2.03. The molecule has 1 aliphatic rings. The molecule has 0 spiro atoms. The van der Waals surface area contributed by atoms with E-state index in [4.69, 9.17) is 0 Å². The molecule has 126 valence electrons. The van der Waals surface area contributed by atoms with Crippen LogP contribution >= 0.6 is 0 Å². The zero-order valence-electron chi connectivity index (χ0n) is 14.5. The molecule has 0 fully saturated rings. The van der Waals surface area contributed by atoms with Crippen molar-refractivity contribution in [3.63, 3.8) is 0 Å². The Bertz CT molecular complexity index is 884. The van der Waals surface area contributed by atoms with Crippen LogP contribution < -0.4 is 0 Å². The van der Waals surface area contributed by atoms with E-state index in [0.29, 0.717) is 16.7 Å². The number of nitrogens with zero attached hydrogens (tertiary/aromatic N) is 1. The predicted octanol–water partition coefficient (Wildman–Crippen LogP) is 4.16. The first kappa shape index (κ1) is 18.3. The SMILES string of the molecule is C=CC(C)(O)c1ccc(O)c(C#CC2=CN=C(/C=C\C=C/C)C2=C)c1. The number of hydrogen-bond donors (Lipinski definition) is 2. The van der Waals surface area contributed by atoms with Crippen LogP contribution in [0, 0.1) is 11.8 Å². The largest absolute Gasteiger partial charge is 0.507 e. The summed E-state index contributed by atoms with van der Waals surface area (Å²) in [5.74, 6) is 5.96. The van der Waals surface area contributed by atoms with Crippen LogP contribution in [0.3, 0.4) is 0 Å². The fraction of sp³-hybridized carbons (Fsp3) is 0.136. The molecular formula is C22H21NO2. The minimum absolute atomic E-state index is 0.0504. The van der Waals surface area contributed by atoms with Crippen LogP contribution in [0.1, 0.15) is 25.0 Å². The van der Waals surface area contributed by atoms with Crippen LogP contribution in [0.4, 0.5) is 0 Å². The Labute approximate surface area is 148 Å². The van der Waals surface area contributed by atoms with Gasteiger partial charge in [-0.2, -0.15) is 0 Å². The summed E-state index contributed by atoms with van der Waals surface area (Å²) < 4.78 is 0. The van der Waals surface area contributed by atoms with Crippen molar-refractivity contribution in [1.82, 2.24) is 0 Å². The highest BCUT2D eigenvalue weighted by Gasteiger charge is 2.19. The summed E-state index contributed by atoms with van der Waals surface area (Å²) in [6.45, 7) is 11.2. The highest BCUT2D eigenvalue weighted by atomic mass is 16.3. The Balaban J connectivity index is 2.24. The van der Waals surface area contributed by atoms with Gasteiger partial charge >= 0.3 is 0 Å². The van der Waals surface area contributed by atoms with Gasteiger partial charge in [0.1, 0.15) is 11.4 Å². The van der Waals surface area contributed by atoms with Crippen molar-refractivity contribution < 1.29 is 10.2 Å². The number of hydrogen-bond acceptors (Lipinski definition) is 3. The Morgan fingerprint density at radius 2 is 2.00 bits per heavy atom. The van der Waals surface area contributed by atoms with Gasteiger partial charge in [-0.1, -0.05) is 55.4 Å². The number of allylic oxidation sites excluding steroid dienone is 6. The summed E-state index contributed by atoms with van der Waals surface area (Å²) in [5, 5.41) is 20.3. The van der Waals surface area contributed by atoms with E-state index < -0.39 is 5.60 Å². The molecule has 1 heterocycles. The van der Waals surface area contributed by atoms with Crippen molar-refractivity contribution in [1.29, 1.82) is 0 Å². The Hall–Kier alpha value is -3.09. The Morgan fingerprint density at radius 1 is 1.24 bits per heavy atom. The van der Waals surface area contributed by atoms with Crippen LogP contribution in [-0.2, 0) is 5.60 Å². The molecule has 1 unspecified atom stereocenters. The lowest BCUT2D eigenvalue weighted by molar-refractivity contribution is 0.111. The van der Waals surface area contributed by atoms with Gasteiger partial charge in [-0.3, -0.25) is 4.99 Å². The second-order valence-corrected chi connectivity index (χ2v) is 5.75. The molecule has 1 aromatic rings. The first-order valence-electron chi connectivity index (χ1n) is 7.87. The maximum atomic E-state index is 10.3. The number of rotatable bonds is 4. The van der Waals surface area contributed by atoms with E-state index in [-0.39, 0.29) is 5.75 Å². The van der Waals surface area contributed by atoms with E-state index in [9.17, 15) is 10.2 Å². The first-order chi connectivity index (χ1) is 11.9. The van der Waals surface area contributed by atoms with Crippen LogP contribution in [-0.4, -0.2) is 15.9 Å². The number of aliphatic hydroxyl groups is 1. The van der Waals surface area contributed by atoms with Crippen LogP contribution in [0.25, 0.3) is 0 Å². The minimum Gasteiger partial charge on any atom is -0.507 e. The van der Waals surface area contributed by atoms with Crippen molar-refractivity contribution in [3.05, 3.63) is 90.2 Å². The van der Waals surface area contributed by atoms with Crippen molar-refractivity contribution in [2.24, 2.45) is 4.99 Å². The topological polar surface area (TPSA) is 52.8 Å². The average molecular weight is 331 g/mol. The van der Waals surface area contributed by atoms with Gasteiger partial charge in [-0.15, -0.1) is 0 Å². The number of benzene rings is 1. The Morgan fingerprint density at radius 3 is 2.68 bits per heavy atom. The third-order valence-electron chi connectivity index (χ3n) is 3.84. The molecule has 0 aliphatic carbocycles. The van der Waals surface area contributed by atoms with Crippen LogP contribution in [0.5, 0.6) is 5.75 Å². The molecule has 3 heteroatoms. The molecular weight excluding hydrogens is 310 g/mol. The molecule has 0 aromatic heterocycles. The second-order valence-electron chi connectivity index (χ2n) is 5.75. The lowest BCUT2D eigenvalue weighted by Crippen LogP contribution is -2.17. The number of phenolic OH excluding ortho intramolecular Hbond substituents is 1. The van der Waals surface area contributed by atoms with Crippen molar-refractivity contribution >= 4 is 5.71 Å². The maximum absolute atomic E-state index is 10.3. The molecule has 1 atom stereocenters. The maximum Gasteiger partial charge on any atom is 0.131 e. The van der Waals surface area contributed by atoms with Gasteiger partial charge in [-0.05, 0) is 37.6 Å². The number of aromatic hydroxyl groups is 1. The highest BCUT2D eigenvalue weighted by molar-refractivity contribution is 6.14. The Kier molecular flexibility index (Phi) is 5.59. The fourth-order valence-corrected chi connectivity index (χ4v) is 2.14. The van der Waals surface area contributed by atoms with Gasteiger partial charge < -0.3 is 10.2 Å². The predicted molar refractivity (Wildman–Crippen MR) is 103 cm³/mol. The van der Waals surface area contributed by atoms with Gasteiger partial charge in [0.2, 0.25) is 0 Å². The zero-order valence-corrected chi connectivity index (χ0v) is 14.5. The third-order valence-corrected chi connectivity index (χ3v) is 3.84. The van der Waals surface area contributed by atoms with E-state index in [2.05, 4.69) is 30.0 Å². The second kappa shape index (κ2) is 7.65. The molecule has 2 N–H and O–H groups in total. The molecule has 1 aliphatic heterocycles. The standard InChI is InChI=1S/C22H21NO2/c1-5-7-8-9-20-16(3)18(15-23-20)11-10-17-14-19(12-13-21(17)24)22(4,25)6-2/h5-9,12-15,24-25H,2-3H2,1,4H3/b7-5-,9-8-. The van der Waals surface area contributed by atoms with Crippen molar-refractivity contribution in [2.75, 3.05) is 0 Å². The number of phenols is 1. The van der Waals surface area contributed by atoms with E-state index in [1.807, 2.05) is 31.2 Å². The van der Waals surface area contributed by atoms with Crippen molar-refractivity contribution in [3.8, 4) is 17.6 Å². The molecule has 0 saturated heterocycles. The normalized spacial score (nSPS) is 16.4. The van der Waals surface area contributed by atoms with E-state index in [1.54, 1.807) is 25.3 Å². The third kappa shape index (κ3) is 4.26. The van der Waals surface area contributed by atoms with Gasteiger partial charge in [0.25, 0.3) is 0 Å². The van der Waals surface area contributed by atoms with Gasteiger partial charge in [0.05, 0.1) is 16.8 Å². The monoisotopic (exact) mass is 331 g/mol. The summed E-state index contributed by atoms with van der Waals surface area (Å²) >= 11 is 0. The molecule has 0 bridgehead atoms. The molecule has 0 saturated carbocycles. The average Bonchev–Trinajstić information content (AvgIpc) is 2.94. The first-order valence-corrected chi connectivity index (χ1v) is 7.87.